The molecule has 0 bridgehead atoms. The maximum absolute atomic E-state index is 6.05. The Morgan fingerprint density at radius 2 is 2.11 bits per heavy atom. The number of benzene rings is 1. The Morgan fingerprint density at radius 1 is 1.28 bits per heavy atom. The Balaban J connectivity index is 2.41. The minimum absolute atomic E-state index is 0.682. The fraction of sp³-hybridized carbons (Fsp3) is 0.286. The molecule has 0 saturated heterocycles. The van der Waals surface area contributed by atoms with E-state index in [0.29, 0.717) is 11.6 Å². The molecule has 0 saturated carbocycles. The van der Waals surface area contributed by atoms with E-state index in [1.807, 2.05) is 24.3 Å². The van der Waals surface area contributed by atoms with Crippen molar-refractivity contribution in [2.24, 2.45) is 0 Å². The van der Waals surface area contributed by atoms with Gasteiger partial charge in [0.15, 0.2) is 0 Å². The number of hydrogen-bond acceptors (Lipinski definition) is 3. The van der Waals surface area contributed by atoms with Gasteiger partial charge in [0.2, 0.25) is 0 Å². The van der Waals surface area contributed by atoms with E-state index in [9.17, 15) is 0 Å². The maximum atomic E-state index is 6.05. The zero-order valence-electron chi connectivity index (χ0n) is 10.5. The van der Waals surface area contributed by atoms with Gasteiger partial charge in [0.25, 0.3) is 0 Å². The summed E-state index contributed by atoms with van der Waals surface area (Å²) in [4.78, 5) is 0. The Hall–Kier alpha value is -1.45. The van der Waals surface area contributed by atoms with Crippen LogP contribution in [0.3, 0.4) is 0 Å². The molecule has 0 fully saturated rings. The first-order valence-electron chi connectivity index (χ1n) is 5.87. The average Bonchev–Trinajstić information content (AvgIpc) is 2.84. The number of methoxy groups -OCH3 is 1. The van der Waals surface area contributed by atoms with Crippen LogP contribution in [0.25, 0.3) is 11.1 Å². The van der Waals surface area contributed by atoms with Crippen molar-refractivity contribution in [3.05, 3.63) is 41.3 Å². The second-order valence-electron chi connectivity index (χ2n) is 3.88. The SMILES string of the molecule is CCNCc1occc1-c1cc(Cl)ccc1OC. The molecule has 0 unspecified atom stereocenters. The second-order valence-corrected chi connectivity index (χ2v) is 4.32. The van der Waals surface area contributed by atoms with Gasteiger partial charge in [-0.2, -0.15) is 0 Å². The predicted octanol–water partition coefficient (Wildman–Crippen LogP) is 3.72. The lowest BCUT2D eigenvalue weighted by Gasteiger charge is -2.09. The van der Waals surface area contributed by atoms with E-state index in [1.165, 1.54) is 0 Å². The van der Waals surface area contributed by atoms with Crippen LogP contribution in [0.2, 0.25) is 5.02 Å². The number of hydrogen-bond donors (Lipinski definition) is 1. The highest BCUT2D eigenvalue weighted by atomic mass is 35.5. The van der Waals surface area contributed by atoms with Crippen molar-refractivity contribution in [1.29, 1.82) is 0 Å². The quantitative estimate of drug-likeness (QED) is 0.895. The van der Waals surface area contributed by atoms with Crippen LogP contribution in [0, 0.1) is 0 Å². The molecule has 1 heterocycles. The van der Waals surface area contributed by atoms with E-state index in [0.717, 1.165) is 29.2 Å². The summed E-state index contributed by atoms with van der Waals surface area (Å²) >= 11 is 6.05. The molecule has 1 N–H and O–H groups in total. The van der Waals surface area contributed by atoms with Gasteiger partial charge in [-0.05, 0) is 30.8 Å². The zero-order valence-corrected chi connectivity index (χ0v) is 11.3. The molecule has 18 heavy (non-hydrogen) atoms. The first-order valence-corrected chi connectivity index (χ1v) is 6.25. The fourth-order valence-electron chi connectivity index (χ4n) is 1.85. The van der Waals surface area contributed by atoms with Gasteiger partial charge in [0.1, 0.15) is 11.5 Å². The molecule has 0 aliphatic heterocycles. The first kappa shape index (κ1) is 13.0. The smallest absolute Gasteiger partial charge is 0.126 e. The summed E-state index contributed by atoms with van der Waals surface area (Å²) in [6, 6.07) is 7.50. The number of furan rings is 1. The van der Waals surface area contributed by atoms with Crippen molar-refractivity contribution < 1.29 is 9.15 Å². The van der Waals surface area contributed by atoms with Crippen LogP contribution in [-0.2, 0) is 6.54 Å². The van der Waals surface area contributed by atoms with Crippen molar-refractivity contribution in [3.8, 4) is 16.9 Å². The van der Waals surface area contributed by atoms with Gasteiger partial charge in [0.05, 0.1) is 19.9 Å². The number of rotatable bonds is 5. The molecule has 3 nitrogen and oxygen atoms in total. The van der Waals surface area contributed by atoms with E-state index in [2.05, 4.69) is 12.2 Å². The topological polar surface area (TPSA) is 34.4 Å². The molecular weight excluding hydrogens is 250 g/mol. The maximum Gasteiger partial charge on any atom is 0.126 e. The molecule has 96 valence electrons. The van der Waals surface area contributed by atoms with Crippen molar-refractivity contribution in [2.45, 2.75) is 13.5 Å². The number of ether oxygens (including phenoxy) is 1. The molecule has 1 aromatic carbocycles. The Morgan fingerprint density at radius 3 is 2.83 bits per heavy atom. The molecular formula is C14H16ClNO2. The van der Waals surface area contributed by atoms with Crippen LogP contribution in [0.1, 0.15) is 12.7 Å². The minimum atomic E-state index is 0.682. The van der Waals surface area contributed by atoms with E-state index in [1.54, 1.807) is 13.4 Å². The van der Waals surface area contributed by atoms with Crippen molar-refractivity contribution in [3.63, 3.8) is 0 Å². The van der Waals surface area contributed by atoms with Gasteiger partial charge < -0.3 is 14.5 Å². The third-order valence-corrected chi connectivity index (χ3v) is 2.97. The summed E-state index contributed by atoms with van der Waals surface area (Å²) in [6.45, 7) is 3.64. The van der Waals surface area contributed by atoms with Crippen LogP contribution in [0.4, 0.5) is 0 Å². The van der Waals surface area contributed by atoms with Gasteiger partial charge in [-0.25, -0.2) is 0 Å². The van der Waals surface area contributed by atoms with E-state index >= 15 is 0 Å². The average molecular weight is 266 g/mol. The van der Waals surface area contributed by atoms with E-state index in [4.69, 9.17) is 20.8 Å². The third kappa shape index (κ3) is 2.68. The highest BCUT2D eigenvalue weighted by molar-refractivity contribution is 6.31. The van der Waals surface area contributed by atoms with E-state index in [-0.39, 0.29) is 0 Å². The summed E-state index contributed by atoms with van der Waals surface area (Å²) in [6.07, 6.45) is 1.68. The Kier molecular flexibility index (Phi) is 4.28. The summed E-state index contributed by atoms with van der Waals surface area (Å²) in [7, 11) is 1.65. The molecule has 0 aliphatic rings. The summed E-state index contributed by atoms with van der Waals surface area (Å²) in [5, 5.41) is 3.93. The molecule has 0 aliphatic carbocycles. The molecule has 2 aromatic rings. The van der Waals surface area contributed by atoms with Crippen LogP contribution in [0.15, 0.2) is 34.9 Å². The molecule has 4 heteroatoms. The van der Waals surface area contributed by atoms with Gasteiger partial charge in [-0.1, -0.05) is 18.5 Å². The van der Waals surface area contributed by atoms with Crippen molar-refractivity contribution in [2.75, 3.05) is 13.7 Å². The second kappa shape index (κ2) is 5.94. The van der Waals surface area contributed by atoms with Gasteiger partial charge >= 0.3 is 0 Å². The summed E-state index contributed by atoms with van der Waals surface area (Å²) in [5.74, 6) is 1.68. The third-order valence-electron chi connectivity index (χ3n) is 2.73. The molecule has 1 aromatic heterocycles. The number of nitrogens with one attached hydrogen (secondary N) is 1. The lowest BCUT2D eigenvalue weighted by atomic mass is 10.1. The lowest BCUT2D eigenvalue weighted by molar-refractivity contribution is 0.416. The zero-order chi connectivity index (χ0) is 13.0. The number of halogens is 1. The van der Waals surface area contributed by atoms with Crippen LogP contribution in [-0.4, -0.2) is 13.7 Å². The minimum Gasteiger partial charge on any atom is -0.496 e. The van der Waals surface area contributed by atoms with Gasteiger partial charge in [-0.15, -0.1) is 0 Å². The monoisotopic (exact) mass is 265 g/mol. The van der Waals surface area contributed by atoms with Gasteiger partial charge in [0, 0.05) is 16.1 Å². The normalized spacial score (nSPS) is 10.6. The molecule has 0 atom stereocenters. The highest BCUT2D eigenvalue weighted by Gasteiger charge is 2.13. The summed E-state index contributed by atoms with van der Waals surface area (Å²) < 4.78 is 10.9. The Labute approximate surface area is 112 Å². The molecule has 0 amide bonds. The highest BCUT2D eigenvalue weighted by Crippen LogP contribution is 2.35. The Bertz CT molecular complexity index is 522. The molecule has 0 spiro atoms. The van der Waals surface area contributed by atoms with Crippen molar-refractivity contribution in [1.82, 2.24) is 5.32 Å². The standard InChI is InChI=1S/C14H16ClNO2/c1-3-16-9-14-11(6-7-18-14)12-8-10(15)4-5-13(12)17-2/h4-8,16H,3,9H2,1-2H3. The van der Waals surface area contributed by atoms with Gasteiger partial charge in [-0.3, -0.25) is 0 Å². The van der Waals surface area contributed by atoms with Crippen LogP contribution in [0.5, 0.6) is 5.75 Å². The first-order chi connectivity index (χ1) is 8.76. The van der Waals surface area contributed by atoms with Crippen LogP contribution >= 0.6 is 11.6 Å². The van der Waals surface area contributed by atoms with E-state index < -0.39 is 0 Å². The van der Waals surface area contributed by atoms with Crippen LogP contribution < -0.4 is 10.1 Å². The summed E-state index contributed by atoms with van der Waals surface area (Å²) in [5.41, 5.74) is 1.96. The fourth-order valence-corrected chi connectivity index (χ4v) is 2.02. The van der Waals surface area contributed by atoms with Crippen molar-refractivity contribution >= 4 is 11.6 Å². The molecule has 2 rings (SSSR count). The largest absolute Gasteiger partial charge is 0.496 e. The lowest BCUT2D eigenvalue weighted by Crippen LogP contribution is -2.11. The predicted molar refractivity (Wildman–Crippen MR) is 73.1 cm³/mol. The molecule has 0 radical (unpaired) electrons.